The summed E-state index contributed by atoms with van der Waals surface area (Å²) in [6, 6.07) is 7.93. The lowest BCUT2D eigenvalue weighted by atomic mass is 10.1. The van der Waals surface area contributed by atoms with Gasteiger partial charge in [0, 0.05) is 38.3 Å². The summed E-state index contributed by atoms with van der Waals surface area (Å²) in [5, 5.41) is 0. The maximum atomic E-state index is 13.6. The number of likely N-dealkylation sites (N-methyl/N-ethyl adjacent to an activating group) is 1. The molecule has 34 heavy (non-hydrogen) atoms. The molecular formula is C23H27F2N3O5S. The Labute approximate surface area is 197 Å². The number of amides is 1. The van der Waals surface area contributed by atoms with Crippen LogP contribution >= 0.6 is 0 Å². The van der Waals surface area contributed by atoms with Crippen LogP contribution in [-0.4, -0.2) is 81.4 Å². The highest BCUT2D eigenvalue weighted by atomic mass is 32.2. The highest BCUT2D eigenvalue weighted by molar-refractivity contribution is 7.89. The zero-order chi connectivity index (χ0) is 24.5. The van der Waals surface area contributed by atoms with Gasteiger partial charge < -0.3 is 14.4 Å². The second-order valence-corrected chi connectivity index (χ2v) is 10.3. The highest BCUT2D eigenvalue weighted by Gasteiger charge is 2.31. The normalized spacial score (nSPS) is 17.6. The number of rotatable bonds is 6. The first-order chi connectivity index (χ1) is 16.2. The van der Waals surface area contributed by atoms with Crippen LogP contribution in [0.15, 0.2) is 41.3 Å². The van der Waals surface area contributed by atoms with Crippen LogP contribution in [0.2, 0.25) is 0 Å². The van der Waals surface area contributed by atoms with Gasteiger partial charge in [0.1, 0.15) is 13.2 Å². The Bertz CT molecular complexity index is 1170. The Hall–Kier alpha value is -2.76. The van der Waals surface area contributed by atoms with E-state index in [4.69, 9.17) is 9.47 Å². The number of ether oxygens (including phenoxy) is 2. The molecule has 1 unspecified atom stereocenters. The molecule has 0 N–H and O–H groups in total. The van der Waals surface area contributed by atoms with Crippen molar-refractivity contribution in [2.24, 2.45) is 0 Å². The summed E-state index contributed by atoms with van der Waals surface area (Å²) in [5.41, 5.74) is 0.560. The van der Waals surface area contributed by atoms with Crippen LogP contribution in [0.4, 0.5) is 8.78 Å². The molecule has 0 saturated carbocycles. The topological polar surface area (TPSA) is 79.4 Å². The van der Waals surface area contributed by atoms with Crippen LogP contribution in [0, 0.1) is 11.6 Å². The predicted molar refractivity (Wildman–Crippen MR) is 120 cm³/mol. The Morgan fingerprint density at radius 3 is 2.35 bits per heavy atom. The van der Waals surface area contributed by atoms with E-state index in [1.807, 2.05) is 0 Å². The molecule has 0 spiro atoms. The first kappa shape index (κ1) is 24.4. The van der Waals surface area contributed by atoms with Gasteiger partial charge in [-0.15, -0.1) is 0 Å². The van der Waals surface area contributed by atoms with E-state index in [0.29, 0.717) is 30.3 Å². The number of carbonyl (C=O) groups is 1. The summed E-state index contributed by atoms with van der Waals surface area (Å²) >= 11 is 0. The van der Waals surface area contributed by atoms with E-state index >= 15 is 0 Å². The van der Waals surface area contributed by atoms with Crippen LogP contribution in [0.25, 0.3) is 0 Å². The van der Waals surface area contributed by atoms with E-state index in [-0.39, 0.29) is 49.6 Å². The molecule has 1 atom stereocenters. The molecule has 4 rings (SSSR count). The maximum absolute atomic E-state index is 13.6. The molecule has 184 valence electrons. The zero-order valence-corrected chi connectivity index (χ0v) is 19.9. The molecule has 2 aliphatic rings. The van der Waals surface area contributed by atoms with Gasteiger partial charge in [0.2, 0.25) is 15.9 Å². The van der Waals surface area contributed by atoms with Crippen molar-refractivity contribution in [2.75, 3.05) is 53.0 Å². The van der Waals surface area contributed by atoms with Gasteiger partial charge in [-0.1, -0.05) is 6.07 Å². The van der Waals surface area contributed by atoms with E-state index in [9.17, 15) is 22.0 Å². The number of hydrogen-bond donors (Lipinski definition) is 0. The molecule has 11 heteroatoms. The summed E-state index contributed by atoms with van der Waals surface area (Å²) in [5.74, 6) is -1.09. The fourth-order valence-electron chi connectivity index (χ4n) is 3.99. The minimum atomic E-state index is -3.74. The molecule has 0 aromatic heterocycles. The SMILES string of the molecule is CC(c1ccc(F)c(F)c1)N(C)CC(=O)N1CCN(S(=O)(=O)c2ccc3c(c2)OCCO3)CC1. The Balaban J connectivity index is 1.34. The van der Waals surface area contributed by atoms with Crippen molar-refractivity contribution in [1.29, 1.82) is 0 Å². The Kier molecular flexibility index (Phi) is 7.06. The van der Waals surface area contributed by atoms with Crippen LogP contribution in [0.1, 0.15) is 18.5 Å². The van der Waals surface area contributed by atoms with Crippen molar-refractivity contribution in [1.82, 2.24) is 14.1 Å². The van der Waals surface area contributed by atoms with Gasteiger partial charge >= 0.3 is 0 Å². The van der Waals surface area contributed by atoms with Gasteiger partial charge in [-0.25, -0.2) is 17.2 Å². The van der Waals surface area contributed by atoms with Gasteiger partial charge in [0.15, 0.2) is 23.1 Å². The van der Waals surface area contributed by atoms with Crippen LogP contribution < -0.4 is 9.47 Å². The lowest BCUT2D eigenvalue weighted by molar-refractivity contribution is -0.133. The number of hydrogen-bond acceptors (Lipinski definition) is 6. The Morgan fingerprint density at radius 2 is 1.68 bits per heavy atom. The van der Waals surface area contributed by atoms with E-state index in [2.05, 4.69) is 0 Å². The molecule has 0 bridgehead atoms. The fraction of sp³-hybridized carbons (Fsp3) is 0.435. The molecule has 0 aliphatic carbocycles. The van der Waals surface area contributed by atoms with Crippen molar-refractivity contribution in [3.05, 3.63) is 53.6 Å². The monoisotopic (exact) mass is 495 g/mol. The predicted octanol–water partition coefficient (Wildman–Crippen LogP) is 2.26. The number of carbonyl (C=O) groups excluding carboxylic acids is 1. The van der Waals surface area contributed by atoms with Gasteiger partial charge in [-0.05, 0) is 43.8 Å². The summed E-state index contributed by atoms with van der Waals surface area (Å²) < 4.78 is 65.2. The number of benzene rings is 2. The van der Waals surface area contributed by atoms with Crippen molar-refractivity contribution in [3.63, 3.8) is 0 Å². The smallest absolute Gasteiger partial charge is 0.243 e. The lowest BCUT2D eigenvalue weighted by Gasteiger charge is -2.35. The third-order valence-electron chi connectivity index (χ3n) is 6.21. The number of fused-ring (bicyclic) bond motifs is 1. The van der Waals surface area contributed by atoms with Crippen LogP contribution in [0.5, 0.6) is 11.5 Å². The lowest BCUT2D eigenvalue weighted by Crippen LogP contribution is -2.52. The average molecular weight is 496 g/mol. The minimum absolute atomic E-state index is 0.0646. The van der Waals surface area contributed by atoms with E-state index < -0.39 is 21.7 Å². The quantitative estimate of drug-likeness (QED) is 0.612. The molecule has 1 saturated heterocycles. The Morgan fingerprint density at radius 1 is 1.00 bits per heavy atom. The number of sulfonamides is 1. The molecule has 2 heterocycles. The molecular weight excluding hydrogens is 468 g/mol. The van der Waals surface area contributed by atoms with Gasteiger partial charge in [0.25, 0.3) is 0 Å². The zero-order valence-electron chi connectivity index (χ0n) is 19.0. The molecule has 2 aromatic rings. The fourth-order valence-corrected chi connectivity index (χ4v) is 5.43. The third kappa shape index (κ3) is 5.01. The van der Waals surface area contributed by atoms with E-state index in [0.717, 1.165) is 12.1 Å². The second-order valence-electron chi connectivity index (χ2n) is 8.35. The number of halogens is 2. The molecule has 1 amide bonds. The summed E-state index contributed by atoms with van der Waals surface area (Å²) in [6.45, 7) is 3.51. The molecule has 1 fully saturated rings. The molecule has 8 nitrogen and oxygen atoms in total. The molecule has 0 radical (unpaired) electrons. The summed E-state index contributed by atoms with van der Waals surface area (Å²) in [4.78, 5) is 16.3. The number of nitrogens with zero attached hydrogens (tertiary/aromatic N) is 3. The average Bonchev–Trinajstić information content (AvgIpc) is 2.85. The molecule has 2 aromatic carbocycles. The summed E-state index contributed by atoms with van der Waals surface area (Å²) in [6.07, 6.45) is 0. The first-order valence-electron chi connectivity index (χ1n) is 11.0. The van der Waals surface area contributed by atoms with Crippen LogP contribution in [-0.2, 0) is 14.8 Å². The van der Waals surface area contributed by atoms with E-state index in [1.54, 1.807) is 29.8 Å². The highest BCUT2D eigenvalue weighted by Crippen LogP contribution is 2.33. The van der Waals surface area contributed by atoms with E-state index in [1.165, 1.54) is 22.5 Å². The van der Waals surface area contributed by atoms with Crippen molar-refractivity contribution in [3.8, 4) is 11.5 Å². The van der Waals surface area contributed by atoms with Gasteiger partial charge in [0.05, 0.1) is 11.4 Å². The van der Waals surface area contributed by atoms with Crippen molar-refractivity contribution < 1.29 is 31.5 Å². The summed E-state index contributed by atoms with van der Waals surface area (Å²) in [7, 11) is -2.01. The number of piperazine rings is 1. The van der Waals surface area contributed by atoms with Crippen molar-refractivity contribution >= 4 is 15.9 Å². The van der Waals surface area contributed by atoms with Gasteiger partial charge in [-0.3, -0.25) is 9.69 Å². The third-order valence-corrected chi connectivity index (χ3v) is 8.11. The second kappa shape index (κ2) is 9.85. The largest absolute Gasteiger partial charge is 0.486 e. The first-order valence-corrected chi connectivity index (χ1v) is 12.4. The standard InChI is InChI=1S/C23H27F2N3O5S/c1-16(17-3-5-19(24)20(25)13-17)26(2)15-23(29)27-7-9-28(10-8-27)34(30,31)18-4-6-21-22(14-18)33-12-11-32-21/h3-6,13-14,16H,7-12,15H2,1-2H3. The maximum Gasteiger partial charge on any atom is 0.243 e. The van der Waals surface area contributed by atoms with Gasteiger partial charge in [-0.2, -0.15) is 4.31 Å². The minimum Gasteiger partial charge on any atom is -0.486 e. The molecule has 2 aliphatic heterocycles. The van der Waals surface area contributed by atoms with Crippen LogP contribution in [0.3, 0.4) is 0 Å². The van der Waals surface area contributed by atoms with Crippen molar-refractivity contribution in [2.45, 2.75) is 17.9 Å².